The van der Waals surface area contributed by atoms with Crippen molar-refractivity contribution in [2.45, 2.75) is 18.9 Å². The molecule has 2 atom stereocenters. The lowest BCUT2D eigenvalue weighted by Gasteiger charge is -2.32. The number of methoxy groups -OCH3 is 2. The van der Waals surface area contributed by atoms with E-state index >= 15 is 0 Å². The Labute approximate surface area is 208 Å². The van der Waals surface area contributed by atoms with E-state index in [9.17, 15) is 4.79 Å². The lowest BCUT2D eigenvalue weighted by atomic mass is 9.89. The number of halogens is 2. The van der Waals surface area contributed by atoms with E-state index < -0.39 is 0 Å². The molecule has 0 unspecified atom stereocenters. The van der Waals surface area contributed by atoms with Gasteiger partial charge in [-0.15, -0.1) is 0 Å². The van der Waals surface area contributed by atoms with Crippen molar-refractivity contribution in [1.82, 2.24) is 9.97 Å². The second kappa shape index (κ2) is 10.6. The summed E-state index contributed by atoms with van der Waals surface area (Å²) in [7, 11) is 3.06. The molecule has 0 bridgehead atoms. The Kier molecular flexibility index (Phi) is 7.56. The SMILES string of the molecule is C=CC(=O)C[C@H]1CCOC[C@H]1Nc1cc2cnc(-c3c(Cl)c(OC)cc(OC)c3Cl)cc2cn1. The van der Waals surface area contributed by atoms with Crippen LogP contribution in [0.4, 0.5) is 5.82 Å². The maximum absolute atomic E-state index is 11.9. The number of pyridine rings is 2. The standard InChI is InChI=1S/C25H25Cl2N3O4/c1-4-17(31)7-14-5-6-34-13-19(14)30-22-9-16-11-28-18(8-15(16)12-29-22)23-24(26)20(32-2)10-21(33-3)25(23)27/h4,8-12,14,19H,1,5-7,13H2,2-3H3,(H,29,30)/t14-,19-/m1/s1. The van der Waals surface area contributed by atoms with Crippen LogP contribution in [-0.4, -0.2) is 49.2 Å². The third-order valence-corrected chi connectivity index (χ3v) is 6.71. The van der Waals surface area contributed by atoms with E-state index in [0.29, 0.717) is 58.3 Å². The fourth-order valence-electron chi connectivity index (χ4n) is 4.08. The van der Waals surface area contributed by atoms with Crippen molar-refractivity contribution in [2.24, 2.45) is 5.92 Å². The lowest BCUT2D eigenvalue weighted by molar-refractivity contribution is -0.116. The van der Waals surface area contributed by atoms with Crippen LogP contribution in [0.25, 0.3) is 22.0 Å². The van der Waals surface area contributed by atoms with Crippen molar-refractivity contribution in [3.05, 3.63) is 53.3 Å². The maximum atomic E-state index is 11.9. The van der Waals surface area contributed by atoms with Crippen LogP contribution >= 0.6 is 23.2 Å². The number of anilines is 1. The van der Waals surface area contributed by atoms with Gasteiger partial charge in [-0.25, -0.2) is 4.98 Å². The summed E-state index contributed by atoms with van der Waals surface area (Å²) in [6.45, 7) is 4.74. The van der Waals surface area contributed by atoms with Crippen LogP contribution in [-0.2, 0) is 9.53 Å². The number of fused-ring (bicyclic) bond motifs is 1. The number of allylic oxidation sites excluding steroid dienone is 1. The molecule has 0 aliphatic carbocycles. The molecule has 4 rings (SSSR count). The summed E-state index contributed by atoms with van der Waals surface area (Å²) < 4.78 is 16.4. The van der Waals surface area contributed by atoms with E-state index in [1.165, 1.54) is 20.3 Å². The molecular formula is C25H25Cl2N3O4. The van der Waals surface area contributed by atoms with Gasteiger partial charge in [0, 0.05) is 47.8 Å². The van der Waals surface area contributed by atoms with E-state index in [1.54, 1.807) is 18.5 Å². The van der Waals surface area contributed by atoms with E-state index in [2.05, 4.69) is 21.9 Å². The van der Waals surface area contributed by atoms with Crippen LogP contribution < -0.4 is 14.8 Å². The zero-order chi connectivity index (χ0) is 24.2. The molecule has 178 valence electrons. The summed E-state index contributed by atoms with van der Waals surface area (Å²) in [5.41, 5.74) is 1.10. The number of ketones is 1. The molecule has 3 aromatic rings. The number of ether oxygens (including phenoxy) is 3. The molecule has 34 heavy (non-hydrogen) atoms. The zero-order valence-corrected chi connectivity index (χ0v) is 20.4. The Bertz CT molecular complexity index is 1210. The van der Waals surface area contributed by atoms with E-state index in [4.69, 9.17) is 37.4 Å². The first-order valence-corrected chi connectivity index (χ1v) is 11.6. The quantitative estimate of drug-likeness (QED) is 0.403. The number of aromatic nitrogens is 2. The predicted octanol–water partition coefficient (Wildman–Crippen LogP) is 5.58. The van der Waals surface area contributed by atoms with Crippen molar-refractivity contribution in [3.8, 4) is 22.8 Å². The minimum atomic E-state index is -0.0169. The maximum Gasteiger partial charge on any atom is 0.155 e. The molecule has 0 saturated carbocycles. The normalized spacial score (nSPS) is 17.9. The second-order valence-electron chi connectivity index (χ2n) is 8.02. The highest BCUT2D eigenvalue weighted by Crippen LogP contribution is 2.45. The molecule has 0 spiro atoms. The highest BCUT2D eigenvalue weighted by atomic mass is 35.5. The molecule has 7 nitrogen and oxygen atoms in total. The van der Waals surface area contributed by atoms with Crippen molar-refractivity contribution in [2.75, 3.05) is 32.8 Å². The van der Waals surface area contributed by atoms with Crippen molar-refractivity contribution in [3.63, 3.8) is 0 Å². The minimum Gasteiger partial charge on any atom is -0.495 e. The lowest BCUT2D eigenvalue weighted by Crippen LogP contribution is -2.39. The van der Waals surface area contributed by atoms with Crippen molar-refractivity contribution < 1.29 is 19.0 Å². The number of hydrogen-bond acceptors (Lipinski definition) is 7. The highest BCUT2D eigenvalue weighted by molar-refractivity contribution is 6.41. The number of carbonyl (C=O) groups excluding carboxylic acids is 1. The van der Waals surface area contributed by atoms with Crippen LogP contribution in [0.15, 0.2) is 43.2 Å². The number of carbonyl (C=O) groups is 1. The first-order valence-electron chi connectivity index (χ1n) is 10.8. The number of benzene rings is 1. The smallest absolute Gasteiger partial charge is 0.155 e. The third kappa shape index (κ3) is 4.97. The van der Waals surface area contributed by atoms with Gasteiger partial charge in [0.2, 0.25) is 0 Å². The fraction of sp³-hybridized carbons (Fsp3) is 0.320. The number of nitrogens with one attached hydrogen (secondary N) is 1. The van der Waals surface area contributed by atoms with Gasteiger partial charge in [0.25, 0.3) is 0 Å². The van der Waals surface area contributed by atoms with Gasteiger partial charge in [-0.05, 0) is 30.5 Å². The molecule has 1 aliphatic heterocycles. The number of hydrogen-bond donors (Lipinski definition) is 1. The zero-order valence-electron chi connectivity index (χ0n) is 18.9. The molecule has 0 amide bonds. The second-order valence-corrected chi connectivity index (χ2v) is 8.78. The summed E-state index contributed by atoms with van der Waals surface area (Å²) in [5, 5.41) is 5.87. The molecule has 1 aliphatic rings. The monoisotopic (exact) mass is 501 g/mol. The molecule has 1 saturated heterocycles. The molecule has 9 heteroatoms. The van der Waals surface area contributed by atoms with Gasteiger partial charge in [-0.1, -0.05) is 29.8 Å². The average molecular weight is 502 g/mol. The van der Waals surface area contributed by atoms with Gasteiger partial charge in [-0.2, -0.15) is 0 Å². The van der Waals surface area contributed by atoms with Crippen LogP contribution in [0.5, 0.6) is 11.5 Å². The molecule has 1 aromatic carbocycles. The van der Waals surface area contributed by atoms with Crippen LogP contribution in [0.3, 0.4) is 0 Å². The Balaban J connectivity index is 1.63. The minimum absolute atomic E-state index is 0.0169. The number of nitrogens with zero attached hydrogens (tertiary/aromatic N) is 2. The summed E-state index contributed by atoms with van der Waals surface area (Å²) in [4.78, 5) is 21.0. The van der Waals surface area contributed by atoms with Crippen LogP contribution in [0.1, 0.15) is 12.8 Å². The topological polar surface area (TPSA) is 82.6 Å². The third-order valence-electron chi connectivity index (χ3n) is 5.96. The Hall–Kier alpha value is -2.87. The van der Waals surface area contributed by atoms with Gasteiger partial charge >= 0.3 is 0 Å². The highest BCUT2D eigenvalue weighted by Gasteiger charge is 2.27. The van der Waals surface area contributed by atoms with Gasteiger partial charge < -0.3 is 19.5 Å². The summed E-state index contributed by atoms with van der Waals surface area (Å²) in [6.07, 6.45) is 6.12. The Morgan fingerprint density at radius 3 is 2.50 bits per heavy atom. The Morgan fingerprint density at radius 1 is 1.15 bits per heavy atom. The van der Waals surface area contributed by atoms with Gasteiger partial charge in [-0.3, -0.25) is 9.78 Å². The number of rotatable bonds is 8. The van der Waals surface area contributed by atoms with Gasteiger partial charge in [0.05, 0.1) is 42.6 Å². The van der Waals surface area contributed by atoms with Gasteiger partial charge in [0.1, 0.15) is 17.3 Å². The molecule has 2 aromatic heterocycles. The molecule has 0 radical (unpaired) electrons. The van der Waals surface area contributed by atoms with E-state index in [0.717, 1.165) is 17.2 Å². The molecule has 1 fully saturated rings. The van der Waals surface area contributed by atoms with Crippen molar-refractivity contribution in [1.29, 1.82) is 0 Å². The van der Waals surface area contributed by atoms with Gasteiger partial charge in [0.15, 0.2) is 5.78 Å². The van der Waals surface area contributed by atoms with E-state index in [1.807, 2.05) is 12.1 Å². The fourth-order valence-corrected chi connectivity index (χ4v) is 4.78. The summed E-state index contributed by atoms with van der Waals surface area (Å²) in [5.74, 6) is 1.76. The molecule has 3 heterocycles. The Morgan fingerprint density at radius 2 is 1.82 bits per heavy atom. The molecular weight excluding hydrogens is 477 g/mol. The molecule has 1 N–H and O–H groups in total. The summed E-state index contributed by atoms with van der Waals surface area (Å²) >= 11 is 13.1. The average Bonchev–Trinajstić information content (AvgIpc) is 2.85. The first-order chi connectivity index (χ1) is 16.4. The summed E-state index contributed by atoms with van der Waals surface area (Å²) in [6, 6.07) is 5.41. The van der Waals surface area contributed by atoms with Crippen LogP contribution in [0.2, 0.25) is 10.0 Å². The predicted molar refractivity (Wildman–Crippen MR) is 134 cm³/mol. The van der Waals surface area contributed by atoms with Crippen LogP contribution in [0, 0.1) is 5.92 Å². The first kappa shape index (κ1) is 24.3. The van der Waals surface area contributed by atoms with Crippen molar-refractivity contribution >= 4 is 45.6 Å². The largest absolute Gasteiger partial charge is 0.495 e. The van der Waals surface area contributed by atoms with E-state index in [-0.39, 0.29) is 17.7 Å².